The van der Waals surface area contributed by atoms with Gasteiger partial charge < -0.3 is 14.8 Å². The van der Waals surface area contributed by atoms with Crippen LogP contribution in [-0.2, 0) is 14.3 Å². The summed E-state index contributed by atoms with van der Waals surface area (Å²) >= 11 is 12.5. The van der Waals surface area contributed by atoms with Crippen molar-refractivity contribution in [2.24, 2.45) is 0 Å². The molecule has 0 saturated heterocycles. The number of amides is 1. The standard InChI is InChI=1S/C22H16Cl2N2O4/c1-12(2)22(28)29-8-7-26-21(27)16(11-25)19-14-5-3-4-6-18(14)30-20-15(19)9-13(23)10-17(20)24/h3-6,9-10H,1,7-8H2,2H3,(H,26,27)/b19-16+. The van der Waals surface area contributed by atoms with Gasteiger partial charge in [0.1, 0.15) is 24.0 Å². The van der Waals surface area contributed by atoms with Crippen LogP contribution in [0.2, 0.25) is 10.0 Å². The Hall–Kier alpha value is -3.27. The third-order valence-electron chi connectivity index (χ3n) is 4.20. The molecular weight excluding hydrogens is 427 g/mol. The molecule has 1 aliphatic heterocycles. The molecule has 0 aliphatic carbocycles. The van der Waals surface area contributed by atoms with Gasteiger partial charge in [0.2, 0.25) is 0 Å². The monoisotopic (exact) mass is 442 g/mol. The van der Waals surface area contributed by atoms with Gasteiger partial charge in [-0.15, -0.1) is 0 Å². The smallest absolute Gasteiger partial charge is 0.333 e. The zero-order chi connectivity index (χ0) is 21.8. The topological polar surface area (TPSA) is 88.4 Å². The zero-order valence-electron chi connectivity index (χ0n) is 15.9. The number of carbonyl (C=O) groups is 2. The van der Waals surface area contributed by atoms with Crippen molar-refractivity contribution < 1.29 is 19.1 Å². The van der Waals surface area contributed by atoms with Gasteiger partial charge in [-0.3, -0.25) is 4.79 Å². The lowest BCUT2D eigenvalue weighted by atomic mass is 9.90. The summed E-state index contributed by atoms with van der Waals surface area (Å²) in [5, 5.41) is 13.0. The van der Waals surface area contributed by atoms with Crippen LogP contribution in [0.1, 0.15) is 18.1 Å². The van der Waals surface area contributed by atoms with E-state index in [-0.39, 0.29) is 29.3 Å². The molecule has 0 unspecified atom stereocenters. The maximum atomic E-state index is 12.8. The minimum atomic E-state index is -0.627. The molecule has 0 spiro atoms. The minimum Gasteiger partial charge on any atom is -0.460 e. The number of hydrogen-bond acceptors (Lipinski definition) is 5. The summed E-state index contributed by atoms with van der Waals surface area (Å²) in [6.45, 7) is 4.98. The van der Waals surface area contributed by atoms with Gasteiger partial charge in [-0.25, -0.2) is 4.79 Å². The Bertz CT molecular complexity index is 1130. The Labute approximate surface area is 183 Å². The van der Waals surface area contributed by atoms with E-state index in [4.69, 9.17) is 32.7 Å². The second kappa shape index (κ2) is 9.04. The quantitative estimate of drug-likeness (QED) is 0.268. The molecule has 8 heteroatoms. The first-order valence-electron chi connectivity index (χ1n) is 8.85. The van der Waals surface area contributed by atoms with Gasteiger partial charge in [-0.2, -0.15) is 5.26 Å². The summed E-state index contributed by atoms with van der Waals surface area (Å²) in [6.07, 6.45) is 0. The minimum absolute atomic E-state index is 0.0254. The number of halogens is 2. The number of fused-ring (bicyclic) bond motifs is 2. The lowest BCUT2D eigenvalue weighted by Gasteiger charge is -2.24. The van der Waals surface area contributed by atoms with Crippen LogP contribution < -0.4 is 10.1 Å². The fraction of sp³-hybridized carbons (Fsp3) is 0.136. The van der Waals surface area contributed by atoms with E-state index in [1.54, 1.807) is 30.3 Å². The van der Waals surface area contributed by atoms with E-state index >= 15 is 0 Å². The van der Waals surface area contributed by atoms with E-state index in [9.17, 15) is 14.9 Å². The van der Waals surface area contributed by atoms with Crippen molar-refractivity contribution in [1.82, 2.24) is 5.32 Å². The summed E-state index contributed by atoms with van der Waals surface area (Å²) in [5.74, 6) is -0.414. The van der Waals surface area contributed by atoms with Gasteiger partial charge in [0, 0.05) is 27.3 Å². The molecule has 0 fully saturated rings. The predicted octanol–water partition coefficient (Wildman–Crippen LogP) is 4.66. The van der Waals surface area contributed by atoms with Crippen LogP contribution in [0.5, 0.6) is 11.5 Å². The van der Waals surface area contributed by atoms with Crippen LogP contribution in [0.4, 0.5) is 0 Å². The molecule has 0 aromatic heterocycles. The zero-order valence-corrected chi connectivity index (χ0v) is 17.4. The summed E-state index contributed by atoms with van der Waals surface area (Å²) < 4.78 is 10.8. The van der Waals surface area contributed by atoms with Crippen LogP contribution in [0, 0.1) is 11.3 Å². The molecule has 3 rings (SSSR count). The van der Waals surface area contributed by atoms with Crippen molar-refractivity contribution >= 4 is 40.7 Å². The van der Waals surface area contributed by atoms with Crippen molar-refractivity contribution in [2.45, 2.75) is 6.92 Å². The Morgan fingerprint density at radius 3 is 2.67 bits per heavy atom. The Morgan fingerprint density at radius 2 is 1.97 bits per heavy atom. The van der Waals surface area contributed by atoms with Crippen LogP contribution in [0.3, 0.4) is 0 Å². The molecule has 30 heavy (non-hydrogen) atoms. The molecule has 1 aliphatic rings. The Morgan fingerprint density at radius 1 is 1.23 bits per heavy atom. The number of ether oxygens (including phenoxy) is 2. The average Bonchev–Trinajstić information content (AvgIpc) is 2.71. The number of para-hydroxylation sites is 1. The van der Waals surface area contributed by atoms with E-state index in [1.807, 2.05) is 6.07 Å². The molecule has 6 nitrogen and oxygen atoms in total. The number of nitrogens with zero attached hydrogens (tertiary/aromatic N) is 1. The molecule has 152 valence electrons. The molecular formula is C22H16Cl2N2O4. The third kappa shape index (κ3) is 4.33. The second-order valence-corrected chi connectivity index (χ2v) is 7.24. The van der Waals surface area contributed by atoms with Crippen molar-refractivity contribution in [3.8, 4) is 17.6 Å². The van der Waals surface area contributed by atoms with E-state index in [2.05, 4.69) is 11.9 Å². The normalized spacial score (nSPS) is 13.1. The first-order chi connectivity index (χ1) is 14.3. The fourth-order valence-corrected chi connectivity index (χ4v) is 3.41. The lowest BCUT2D eigenvalue weighted by molar-refractivity contribution is -0.139. The molecule has 2 aromatic rings. The molecule has 1 N–H and O–H groups in total. The molecule has 2 aromatic carbocycles. The number of nitrogens with one attached hydrogen (secondary N) is 1. The second-order valence-electron chi connectivity index (χ2n) is 6.40. The SMILES string of the molecule is C=C(C)C(=O)OCCNC(=O)/C(C#N)=C1\c2ccccc2Oc2c(Cl)cc(Cl)cc21. The lowest BCUT2D eigenvalue weighted by Crippen LogP contribution is -2.30. The van der Waals surface area contributed by atoms with Gasteiger partial charge in [-0.05, 0) is 25.1 Å². The van der Waals surface area contributed by atoms with Crippen molar-refractivity contribution in [2.75, 3.05) is 13.2 Å². The number of carbonyl (C=O) groups excluding carboxylic acids is 2. The summed E-state index contributed by atoms with van der Waals surface area (Å²) in [7, 11) is 0. The summed E-state index contributed by atoms with van der Waals surface area (Å²) in [6, 6.07) is 12.1. The largest absolute Gasteiger partial charge is 0.460 e. The highest BCUT2D eigenvalue weighted by molar-refractivity contribution is 6.36. The number of rotatable bonds is 5. The highest BCUT2D eigenvalue weighted by atomic mass is 35.5. The van der Waals surface area contributed by atoms with Crippen LogP contribution >= 0.6 is 23.2 Å². The molecule has 0 radical (unpaired) electrons. The highest BCUT2D eigenvalue weighted by Gasteiger charge is 2.29. The number of nitriles is 1. The molecule has 0 saturated carbocycles. The van der Waals surface area contributed by atoms with Gasteiger partial charge in [-0.1, -0.05) is 48.0 Å². The molecule has 1 heterocycles. The van der Waals surface area contributed by atoms with E-state index in [0.717, 1.165) is 0 Å². The Balaban J connectivity index is 1.98. The van der Waals surface area contributed by atoms with Gasteiger partial charge in [0.15, 0.2) is 5.75 Å². The van der Waals surface area contributed by atoms with Gasteiger partial charge in [0.05, 0.1) is 11.6 Å². The van der Waals surface area contributed by atoms with Crippen molar-refractivity contribution in [1.29, 1.82) is 5.26 Å². The van der Waals surface area contributed by atoms with Crippen LogP contribution in [-0.4, -0.2) is 25.0 Å². The van der Waals surface area contributed by atoms with E-state index < -0.39 is 11.9 Å². The fourth-order valence-electron chi connectivity index (χ4n) is 2.88. The maximum Gasteiger partial charge on any atom is 0.333 e. The summed E-state index contributed by atoms with van der Waals surface area (Å²) in [4.78, 5) is 24.2. The highest BCUT2D eigenvalue weighted by Crippen LogP contribution is 2.48. The molecule has 0 bridgehead atoms. The van der Waals surface area contributed by atoms with Crippen LogP contribution in [0.25, 0.3) is 5.57 Å². The molecule has 0 atom stereocenters. The Kier molecular flexibility index (Phi) is 6.46. The maximum absolute atomic E-state index is 12.8. The van der Waals surface area contributed by atoms with Crippen molar-refractivity contribution in [3.63, 3.8) is 0 Å². The van der Waals surface area contributed by atoms with E-state index in [0.29, 0.717) is 33.2 Å². The van der Waals surface area contributed by atoms with Gasteiger partial charge in [0.25, 0.3) is 5.91 Å². The van der Waals surface area contributed by atoms with Crippen LogP contribution in [0.15, 0.2) is 54.1 Å². The average molecular weight is 443 g/mol. The number of benzene rings is 2. The third-order valence-corrected chi connectivity index (χ3v) is 4.70. The first kappa shape index (κ1) is 21.4. The number of esters is 1. The van der Waals surface area contributed by atoms with E-state index in [1.165, 1.54) is 13.0 Å². The van der Waals surface area contributed by atoms with Crippen molar-refractivity contribution in [3.05, 3.63) is 75.3 Å². The first-order valence-corrected chi connectivity index (χ1v) is 9.61. The molecule has 1 amide bonds. The number of hydrogen-bond donors (Lipinski definition) is 1. The van der Waals surface area contributed by atoms with Gasteiger partial charge >= 0.3 is 5.97 Å². The predicted molar refractivity (Wildman–Crippen MR) is 113 cm³/mol. The summed E-state index contributed by atoms with van der Waals surface area (Å²) in [5.41, 5.74) is 1.47.